The molecule has 12 heavy (non-hydrogen) atoms. The van der Waals surface area contributed by atoms with Gasteiger partial charge in [0.25, 0.3) is 0 Å². The first-order valence-corrected chi connectivity index (χ1v) is 4.00. The second-order valence-electron chi connectivity index (χ2n) is 2.97. The van der Waals surface area contributed by atoms with E-state index >= 15 is 0 Å². The van der Waals surface area contributed by atoms with Crippen LogP contribution in [0.3, 0.4) is 0 Å². The standard InChI is InChI=1S/C8H10BNO2/c11-9(12)7-1-2-8-6(5-7)3-4-10-8/h1-2,5,10-12H,3-4H2. The fourth-order valence-electron chi connectivity index (χ4n) is 1.49. The summed E-state index contributed by atoms with van der Waals surface area (Å²) >= 11 is 0. The highest BCUT2D eigenvalue weighted by atomic mass is 16.4. The normalized spacial score (nSPS) is 13.8. The van der Waals surface area contributed by atoms with Gasteiger partial charge in [-0.3, -0.25) is 0 Å². The number of anilines is 1. The summed E-state index contributed by atoms with van der Waals surface area (Å²) in [6, 6.07) is 5.44. The molecular weight excluding hydrogens is 153 g/mol. The van der Waals surface area contributed by atoms with Crippen LogP contribution in [0.5, 0.6) is 0 Å². The molecule has 0 aliphatic carbocycles. The first-order valence-electron chi connectivity index (χ1n) is 4.00. The van der Waals surface area contributed by atoms with Gasteiger partial charge in [-0.1, -0.05) is 12.1 Å². The molecule has 0 saturated heterocycles. The van der Waals surface area contributed by atoms with Crippen LogP contribution >= 0.6 is 0 Å². The first kappa shape index (κ1) is 7.64. The summed E-state index contributed by atoms with van der Waals surface area (Å²) in [5, 5.41) is 21.0. The van der Waals surface area contributed by atoms with E-state index in [2.05, 4.69) is 5.32 Å². The van der Waals surface area contributed by atoms with Crippen LogP contribution in [0.15, 0.2) is 18.2 Å². The van der Waals surface area contributed by atoms with Gasteiger partial charge in [-0.15, -0.1) is 0 Å². The van der Waals surface area contributed by atoms with Crippen LogP contribution in [0, 0.1) is 0 Å². The summed E-state index contributed by atoms with van der Waals surface area (Å²) in [5.74, 6) is 0. The van der Waals surface area contributed by atoms with Crippen molar-refractivity contribution >= 4 is 18.3 Å². The van der Waals surface area contributed by atoms with Crippen LogP contribution in [0.1, 0.15) is 5.56 Å². The van der Waals surface area contributed by atoms with E-state index in [9.17, 15) is 0 Å². The zero-order valence-electron chi connectivity index (χ0n) is 6.62. The summed E-state index contributed by atoms with van der Waals surface area (Å²) in [4.78, 5) is 0. The molecule has 0 spiro atoms. The van der Waals surface area contributed by atoms with Crippen LogP contribution in [0.4, 0.5) is 5.69 Å². The van der Waals surface area contributed by atoms with Crippen molar-refractivity contribution in [1.29, 1.82) is 0 Å². The van der Waals surface area contributed by atoms with Crippen molar-refractivity contribution in [3.8, 4) is 0 Å². The Labute approximate surface area is 71.2 Å². The molecule has 0 fully saturated rings. The Morgan fingerprint density at radius 2 is 2.17 bits per heavy atom. The number of benzene rings is 1. The lowest BCUT2D eigenvalue weighted by Gasteiger charge is -2.02. The third-order valence-electron chi connectivity index (χ3n) is 2.14. The van der Waals surface area contributed by atoms with Gasteiger partial charge in [0.05, 0.1) is 0 Å². The highest BCUT2D eigenvalue weighted by Gasteiger charge is 2.15. The van der Waals surface area contributed by atoms with Gasteiger partial charge >= 0.3 is 7.12 Å². The Bertz CT molecular complexity index is 301. The van der Waals surface area contributed by atoms with E-state index in [-0.39, 0.29) is 0 Å². The van der Waals surface area contributed by atoms with Gasteiger partial charge in [0.2, 0.25) is 0 Å². The average Bonchev–Trinajstić information content (AvgIpc) is 2.49. The predicted octanol–water partition coefficient (Wildman–Crippen LogP) is -0.666. The quantitative estimate of drug-likeness (QED) is 0.481. The Hall–Kier alpha value is -0.995. The van der Waals surface area contributed by atoms with Crippen molar-refractivity contribution < 1.29 is 10.0 Å². The highest BCUT2D eigenvalue weighted by molar-refractivity contribution is 6.58. The molecule has 4 heteroatoms. The molecule has 3 N–H and O–H groups in total. The van der Waals surface area contributed by atoms with Gasteiger partial charge in [0, 0.05) is 12.2 Å². The lowest BCUT2D eigenvalue weighted by Crippen LogP contribution is -2.29. The Morgan fingerprint density at radius 3 is 2.92 bits per heavy atom. The summed E-state index contributed by atoms with van der Waals surface area (Å²) in [7, 11) is -1.35. The van der Waals surface area contributed by atoms with Crippen LogP contribution in [0.25, 0.3) is 0 Å². The molecular formula is C8H10BNO2. The molecule has 1 heterocycles. The lowest BCUT2D eigenvalue weighted by atomic mass is 9.79. The zero-order chi connectivity index (χ0) is 8.55. The topological polar surface area (TPSA) is 52.5 Å². The minimum absolute atomic E-state index is 0.567. The van der Waals surface area contributed by atoms with Crippen molar-refractivity contribution in [2.75, 3.05) is 11.9 Å². The van der Waals surface area contributed by atoms with E-state index in [1.807, 2.05) is 12.1 Å². The fourth-order valence-corrected chi connectivity index (χ4v) is 1.49. The zero-order valence-corrected chi connectivity index (χ0v) is 6.62. The lowest BCUT2D eigenvalue weighted by molar-refractivity contribution is 0.426. The smallest absolute Gasteiger partial charge is 0.423 e. The summed E-state index contributed by atoms with van der Waals surface area (Å²) in [6.07, 6.45) is 0.968. The molecule has 2 rings (SSSR count). The fraction of sp³-hybridized carbons (Fsp3) is 0.250. The van der Waals surface area contributed by atoms with Crippen LogP contribution < -0.4 is 10.8 Å². The predicted molar refractivity (Wildman–Crippen MR) is 48.5 cm³/mol. The van der Waals surface area contributed by atoms with Gasteiger partial charge in [0.1, 0.15) is 0 Å². The number of fused-ring (bicyclic) bond motifs is 1. The van der Waals surface area contributed by atoms with Crippen molar-refractivity contribution in [3.05, 3.63) is 23.8 Å². The average molecular weight is 163 g/mol. The first-order chi connectivity index (χ1) is 5.77. The Morgan fingerprint density at radius 1 is 1.33 bits per heavy atom. The van der Waals surface area contributed by atoms with E-state index in [4.69, 9.17) is 10.0 Å². The molecule has 0 atom stereocenters. The van der Waals surface area contributed by atoms with Crippen molar-refractivity contribution in [2.45, 2.75) is 6.42 Å². The van der Waals surface area contributed by atoms with Gasteiger partial charge in [-0.2, -0.15) is 0 Å². The number of hydrogen-bond donors (Lipinski definition) is 3. The molecule has 62 valence electrons. The maximum atomic E-state index is 8.89. The number of nitrogens with one attached hydrogen (secondary N) is 1. The number of rotatable bonds is 1. The van der Waals surface area contributed by atoms with Crippen molar-refractivity contribution in [2.24, 2.45) is 0 Å². The third-order valence-corrected chi connectivity index (χ3v) is 2.14. The van der Waals surface area contributed by atoms with E-state index < -0.39 is 7.12 Å². The molecule has 0 saturated carbocycles. The van der Waals surface area contributed by atoms with Crippen LogP contribution in [-0.4, -0.2) is 23.7 Å². The number of hydrogen-bond acceptors (Lipinski definition) is 3. The molecule has 1 aliphatic rings. The summed E-state index contributed by atoms with van der Waals surface area (Å²) < 4.78 is 0. The van der Waals surface area contributed by atoms with Crippen molar-refractivity contribution in [3.63, 3.8) is 0 Å². The molecule has 0 unspecified atom stereocenters. The van der Waals surface area contributed by atoms with Gasteiger partial charge in [-0.25, -0.2) is 0 Å². The maximum absolute atomic E-state index is 8.89. The SMILES string of the molecule is OB(O)c1ccc2c(c1)CCN2. The highest BCUT2D eigenvalue weighted by Crippen LogP contribution is 2.19. The molecule has 0 radical (unpaired) electrons. The van der Waals surface area contributed by atoms with Crippen molar-refractivity contribution in [1.82, 2.24) is 0 Å². The van der Waals surface area contributed by atoms with E-state index in [0.717, 1.165) is 18.7 Å². The largest absolute Gasteiger partial charge is 0.488 e. The second-order valence-corrected chi connectivity index (χ2v) is 2.97. The van der Waals surface area contributed by atoms with E-state index in [1.165, 1.54) is 5.56 Å². The van der Waals surface area contributed by atoms with E-state index in [0.29, 0.717) is 5.46 Å². The van der Waals surface area contributed by atoms with Gasteiger partial charge in [0.15, 0.2) is 0 Å². The third kappa shape index (κ3) is 1.19. The Balaban J connectivity index is 2.39. The molecule has 0 bridgehead atoms. The summed E-state index contributed by atoms with van der Waals surface area (Å²) in [6.45, 7) is 0.945. The minimum atomic E-state index is -1.35. The van der Waals surface area contributed by atoms with Crippen LogP contribution in [0.2, 0.25) is 0 Å². The monoisotopic (exact) mass is 163 g/mol. The molecule has 1 aliphatic heterocycles. The molecule has 0 aromatic heterocycles. The van der Waals surface area contributed by atoms with Gasteiger partial charge < -0.3 is 15.4 Å². The molecule has 1 aromatic carbocycles. The molecule has 1 aromatic rings. The minimum Gasteiger partial charge on any atom is -0.423 e. The maximum Gasteiger partial charge on any atom is 0.488 e. The Kier molecular flexibility index (Phi) is 1.79. The van der Waals surface area contributed by atoms with E-state index in [1.54, 1.807) is 6.07 Å². The molecule has 3 nitrogen and oxygen atoms in total. The molecule has 0 amide bonds. The second kappa shape index (κ2) is 2.81. The summed E-state index contributed by atoms with van der Waals surface area (Å²) in [5.41, 5.74) is 2.84. The van der Waals surface area contributed by atoms with Crippen LogP contribution in [-0.2, 0) is 6.42 Å². The van der Waals surface area contributed by atoms with Gasteiger partial charge in [-0.05, 0) is 23.5 Å².